The fraction of sp³-hybridized carbons (Fsp3) is 0.143. The Balaban J connectivity index is 1.70. The van der Waals surface area contributed by atoms with Crippen LogP contribution < -0.4 is 4.90 Å². The second kappa shape index (κ2) is 6.42. The molecule has 4 nitrogen and oxygen atoms in total. The molecule has 0 amide bonds. The maximum atomic E-state index is 10.5. The first-order valence-corrected chi connectivity index (χ1v) is 9.24. The largest absolute Gasteiger partial charge is 0.510 e. The minimum absolute atomic E-state index is 0.197. The Morgan fingerprint density at radius 2 is 1.73 bits per heavy atom. The first-order chi connectivity index (χ1) is 12.5. The minimum atomic E-state index is 0.197. The van der Waals surface area contributed by atoms with Gasteiger partial charge in [0.25, 0.3) is 0 Å². The summed E-state index contributed by atoms with van der Waals surface area (Å²) in [6, 6.07) is 17.9. The Morgan fingerprint density at radius 3 is 2.42 bits per heavy atom. The summed E-state index contributed by atoms with van der Waals surface area (Å²) in [5.41, 5.74) is 4.60. The number of anilines is 1. The number of hydrogen-bond donors (Lipinski definition) is 2. The second-order valence-corrected chi connectivity index (χ2v) is 7.59. The lowest BCUT2D eigenvalue weighted by atomic mass is 10.1. The van der Waals surface area contributed by atoms with Crippen LogP contribution in [0.5, 0.6) is 0 Å². The summed E-state index contributed by atoms with van der Waals surface area (Å²) < 4.78 is 0. The molecule has 5 heteroatoms. The zero-order valence-corrected chi connectivity index (χ0v) is 15.5. The summed E-state index contributed by atoms with van der Waals surface area (Å²) in [7, 11) is 0. The quantitative estimate of drug-likeness (QED) is 0.674. The number of rotatable bonds is 3. The average Bonchev–Trinajstić information content (AvgIpc) is 3.16. The van der Waals surface area contributed by atoms with E-state index in [4.69, 9.17) is 10.4 Å². The molecule has 130 valence electrons. The second-order valence-electron chi connectivity index (χ2n) is 6.38. The van der Waals surface area contributed by atoms with Gasteiger partial charge in [0.1, 0.15) is 16.6 Å². The highest BCUT2D eigenvalue weighted by molar-refractivity contribution is 7.13. The fourth-order valence-corrected chi connectivity index (χ4v) is 4.12. The maximum absolute atomic E-state index is 10.5. The Labute approximate surface area is 156 Å². The molecule has 0 fully saturated rings. The van der Waals surface area contributed by atoms with Crippen LogP contribution in [0.4, 0.5) is 5.69 Å². The number of amidine groups is 1. The molecular weight excluding hydrogens is 342 g/mol. The number of aliphatic hydroxyl groups excluding tert-OH is 1. The number of aliphatic hydroxyl groups is 1. The van der Waals surface area contributed by atoms with Crippen molar-refractivity contribution in [2.45, 2.75) is 13.8 Å². The van der Waals surface area contributed by atoms with Gasteiger partial charge in [-0.15, -0.1) is 11.3 Å². The van der Waals surface area contributed by atoms with Crippen LogP contribution in [0.3, 0.4) is 0 Å². The number of nitrogens with one attached hydrogen (secondary N) is 1. The highest BCUT2D eigenvalue weighted by Crippen LogP contribution is 2.36. The van der Waals surface area contributed by atoms with Crippen LogP contribution in [0.2, 0.25) is 0 Å². The SMILES string of the molecule is Cc1ccc(-c2nc(C3=C(O)CN(c4ccccc4)C3=N)sc2C)cc1. The molecule has 0 radical (unpaired) electrons. The van der Waals surface area contributed by atoms with Crippen molar-refractivity contribution in [1.82, 2.24) is 4.98 Å². The van der Waals surface area contributed by atoms with Gasteiger partial charge in [-0.3, -0.25) is 5.41 Å². The third-order valence-electron chi connectivity index (χ3n) is 4.51. The molecule has 1 aromatic heterocycles. The summed E-state index contributed by atoms with van der Waals surface area (Å²) in [6.45, 7) is 4.39. The van der Waals surface area contributed by atoms with E-state index in [1.165, 1.54) is 16.9 Å². The van der Waals surface area contributed by atoms with Crippen molar-refractivity contribution in [1.29, 1.82) is 5.41 Å². The number of hydrogen-bond acceptors (Lipinski definition) is 4. The van der Waals surface area contributed by atoms with Crippen LogP contribution in [0, 0.1) is 19.3 Å². The Morgan fingerprint density at radius 1 is 1.04 bits per heavy atom. The van der Waals surface area contributed by atoms with E-state index in [2.05, 4.69) is 31.2 Å². The van der Waals surface area contributed by atoms with Gasteiger partial charge >= 0.3 is 0 Å². The maximum Gasteiger partial charge on any atom is 0.139 e. The van der Waals surface area contributed by atoms with E-state index in [-0.39, 0.29) is 11.6 Å². The Kier molecular flexibility index (Phi) is 4.09. The van der Waals surface area contributed by atoms with Gasteiger partial charge in [-0.05, 0) is 26.0 Å². The van der Waals surface area contributed by atoms with E-state index < -0.39 is 0 Å². The van der Waals surface area contributed by atoms with E-state index in [1.54, 1.807) is 4.90 Å². The Bertz CT molecular complexity index is 1000. The molecule has 1 aliphatic rings. The van der Waals surface area contributed by atoms with Gasteiger partial charge in [0.15, 0.2) is 0 Å². The molecule has 0 saturated carbocycles. The molecule has 26 heavy (non-hydrogen) atoms. The van der Waals surface area contributed by atoms with Gasteiger partial charge < -0.3 is 10.0 Å². The standard InChI is InChI=1S/C21H19N3OS/c1-13-8-10-15(11-9-13)19-14(2)26-21(23-19)18-17(25)12-24(20(18)22)16-6-4-3-5-7-16/h3-11,22,25H,12H2,1-2H3. The van der Waals surface area contributed by atoms with Gasteiger partial charge in [-0.25, -0.2) is 4.98 Å². The molecule has 0 bridgehead atoms. The monoisotopic (exact) mass is 361 g/mol. The molecule has 1 aliphatic heterocycles. The summed E-state index contributed by atoms with van der Waals surface area (Å²) in [6.07, 6.45) is 0. The lowest BCUT2D eigenvalue weighted by molar-refractivity contribution is 0.411. The normalized spacial score (nSPS) is 14.4. The van der Waals surface area contributed by atoms with E-state index in [1.807, 2.05) is 37.3 Å². The summed E-state index contributed by atoms with van der Waals surface area (Å²) >= 11 is 1.52. The van der Waals surface area contributed by atoms with Crippen molar-refractivity contribution in [2.75, 3.05) is 11.4 Å². The summed E-state index contributed by atoms with van der Waals surface area (Å²) in [5, 5.41) is 19.8. The van der Waals surface area contributed by atoms with E-state index >= 15 is 0 Å². The molecule has 0 saturated heterocycles. The number of nitrogens with zero attached hydrogens (tertiary/aromatic N) is 2. The molecule has 0 unspecified atom stereocenters. The molecule has 3 aromatic rings. The van der Waals surface area contributed by atoms with Crippen LogP contribution >= 0.6 is 11.3 Å². The van der Waals surface area contributed by atoms with Crippen molar-refractivity contribution in [2.24, 2.45) is 0 Å². The molecule has 2 heterocycles. The lowest BCUT2D eigenvalue weighted by Gasteiger charge is -2.18. The van der Waals surface area contributed by atoms with Crippen LogP contribution in [0.25, 0.3) is 16.8 Å². The molecule has 2 aromatic carbocycles. The summed E-state index contributed by atoms with van der Waals surface area (Å²) in [5.74, 6) is 0.487. The number of aryl methyl sites for hydroxylation is 2. The highest BCUT2D eigenvalue weighted by atomic mass is 32.1. The molecule has 2 N–H and O–H groups in total. The van der Waals surface area contributed by atoms with E-state index in [9.17, 15) is 5.11 Å². The van der Waals surface area contributed by atoms with Crippen molar-refractivity contribution in [3.63, 3.8) is 0 Å². The molecule has 0 atom stereocenters. The predicted octanol–water partition coefficient (Wildman–Crippen LogP) is 5.19. The molecule has 0 aliphatic carbocycles. The third-order valence-corrected chi connectivity index (χ3v) is 5.49. The number of para-hydroxylation sites is 1. The smallest absolute Gasteiger partial charge is 0.139 e. The van der Waals surface area contributed by atoms with Gasteiger partial charge in [0.2, 0.25) is 0 Å². The molecular formula is C21H19N3OS. The van der Waals surface area contributed by atoms with E-state index in [0.717, 1.165) is 21.8 Å². The summed E-state index contributed by atoms with van der Waals surface area (Å²) in [4.78, 5) is 7.63. The lowest BCUT2D eigenvalue weighted by Crippen LogP contribution is -2.25. The van der Waals surface area contributed by atoms with Gasteiger partial charge in [-0.2, -0.15) is 0 Å². The number of thiazole rings is 1. The first-order valence-electron chi connectivity index (χ1n) is 8.43. The van der Waals surface area contributed by atoms with Gasteiger partial charge in [0, 0.05) is 16.1 Å². The fourth-order valence-electron chi connectivity index (χ4n) is 3.12. The first kappa shape index (κ1) is 16.5. The topological polar surface area (TPSA) is 60.2 Å². The van der Waals surface area contributed by atoms with Gasteiger partial charge in [-0.1, -0.05) is 48.0 Å². The zero-order valence-electron chi connectivity index (χ0n) is 14.7. The highest BCUT2D eigenvalue weighted by Gasteiger charge is 2.31. The van der Waals surface area contributed by atoms with Crippen molar-refractivity contribution in [3.8, 4) is 11.3 Å². The number of benzene rings is 2. The van der Waals surface area contributed by atoms with Crippen LogP contribution in [0.15, 0.2) is 60.4 Å². The minimum Gasteiger partial charge on any atom is -0.510 e. The predicted molar refractivity (Wildman–Crippen MR) is 108 cm³/mol. The van der Waals surface area contributed by atoms with E-state index in [0.29, 0.717) is 17.1 Å². The van der Waals surface area contributed by atoms with Crippen molar-refractivity contribution >= 4 is 28.4 Å². The van der Waals surface area contributed by atoms with Crippen LogP contribution in [-0.2, 0) is 0 Å². The molecule has 4 rings (SSSR count). The zero-order chi connectivity index (χ0) is 18.3. The van der Waals surface area contributed by atoms with Crippen molar-refractivity contribution in [3.05, 3.63) is 75.8 Å². The third kappa shape index (κ3) is 2.80. The van der Waals surface area contributed by atoms with Crippen LogP contribution in [0.1, 0.15) is 15.4 Å². The average molecular weight is 361 g/mol. The Hall–Kier alpha value is -2.92. The molecule has 0 spiro atoms. The van der Waals surface area contributed by atoms with Crippen LogP contribution in [-0.4, -0.2) is 22.5 Å². The van der Waals surface area contributed by atoms with Gasteiger partial charge in [0.05, 0.1) is 17.8 Å². The number of aromatic nitrogens is 1. The van der Waals surface area contributed by atoms with Crippen molar-refractivity contribution < 1.29 is 5.11 Å².